The molecule has 4 nitrogen and oxygen atoms in total. The lowest BCUT2D eigenvalue weighted by Gasteiger charge is -2.24. The second kappa shape index (κ2) is 3.49. The van der Waals surface area contributed by atoms with E-state index in [4.69, 9.17) is 5.73 Å². The Balaban J connectivity index is 2.90. The highest BCUT2D eigenvalue weighted by Gasteiger charge is 2.24. The quantitative estimate of drug-likeness (QED) is 0.820. The second-order valence-corrected chi connectivity index (χ2v) is 4.68. The minimum atomic E-state index is -0.363. The van der Waals surface area contributed by atoms with E-state index in [1.54, 1.807) is 16.2 Å². The highest BCUT2D eigenvalue weighted by molar-refractivity contribution is 5.76. The van der Waals surface area contributed by atoms with Gasteiger partial charge in [0.15, 0.2) is 0 Å². The largest absolute Gasteiger partial charge is 0.329 e. The van der Waals surface area contributed by atoms with E-state index in [0.717, 1.165) is 11.0 Å². The summed E-state index contributed by atoms with van der Waals surface area (Å²) in [6.45, 7) is 4.38. The summed E-state index contributed by atoms with van der Waals surface area (Å²) < 4.78 is 3.43. The average molecular weight is 219 g/mol. The molecule has 2 N–H and O–H groups in total. The van der Waals surface area contributed by atoms with Crippen LogP contribution in [0.15, 0.2) is 29.1 Å². The van der Waals surface area contributed by atoms with Crippen LogP contribution in [0.4, 0.5) is 0 Å². The summed E-state index contributed by atoms with van der Waals surface area (Å²) in [4.78, 5) is 12.2. The average Bonchev–Trinajstić information content (AvgIpc) is 2.53. The Morgan fingerprint density at radius 3 is 2.38 bits per heavy atom. The summed E-state index contributed by atoms with van der Waals surface area (Å²) in [7, 11) is 1.79. The number of aromatic nitrogens is 2. The van der Waals surface area contributed by atoms with E-state index in [2.05, 4.69) is 0 Å². The number of nitrogens with zero attached hydrogens (tertiary/aromatic N) is 2. The molecule has 0 radical (unpaired) electrons. The third-order valence-corrected chi connectivity index (χ3v) is 3.07. The first-order valence-corrected chi connectivity index (χ1v) is 5.36. The van der Waals surface area contributed by atoms with Crippen molar-refractivity contribution in [2.45, 2.75) is 19.4 Å². The molecule has 0 aliphatic heterocycles. The second-order valence-electron chi connectivity index (χ2n) is 4.68. The van der Waals surface area contributed by atoms with Crippen molar-refractivity contribution >= 4 is 11.0 Å². The van der Waals surface area contributed by atoms with Crippen LogP contribution in [0, 0.1) is 0 Å². The SMILES string of the molecule is Cn1c(=O)n(C(C)(C)CN)c2ccccc21. The molecule has 4 heteroatoms. The van der Waals surface area contributed by atoms with Gasteiger partial charge in [0.1, 0.15) is 0 Å². The van der Waals surface area contributed by atoms with E-state index in [-0.39, 0.29) is 11.2 Å². The lowest BCUT2D eigenvalue weighted by atomic mass is 10.1. The number of benzene rings is 1. The molecule has 0 atom stereocenters. The molecule has 0 aliphatic rings. The van der Waals surface area contributed by atoms with Crippen LogP contribution >= 0.6 is 0 Å². The molecule has 1 aromatic heterocycles. The van der Waals surface area contributed by atoms with Gasteiger partial charge < -0.3 is 5.73 Å². The van der Waals surface area contributed by atoms with E-state index >= 15 is 0 Å². The van der Waals surface area contributed by atoms with E-state index in [1.165, 1.54) is 0 Å². The fraction of sp³-hybridized carbons (Fsp3) is 0.417. The number of para-hydroxylation sites is 2. The number of imidazole rings is 1. The first kappa shape index (κ1) is 11.0. The van der Waals surface area contributed by atoms with E-state index in [9.17, 15) is 4.79 Å². The van der Waals surface area contributed by atoms with Gasteiger partial charge in [0.25, 0.3) is 0 Å². The van der Waals surface area contributed by atoms with Gasteiger partial charge in [-0.05, 0) is 26.0 Å². The number of nitrogens with two attached hydrogens (primary N) is 1. The fourth-order valence-corrected chi connectivity index (χ4v) is 1.97. The number of rotatable bonds is 2. The highest BCUT2D eigenvalue weighted by Crippen LogP contribution is 2.19. The summed E-state index contributed by atoms with van der Waals surface area (Å²) in [6, 6.07) is 7.76. The molecule has 0 saturated carbocycles. The molecule has 16 heavy (non-hydrogen) atoms. The molecule has 86 valence electrons. The molecule has 0 spiro atoms. The smallest absolute Gasteiger partial charge is 0.328 e. The van der Waals surface area contributed by atoms with Crippen molar-refractivity contribution in [2.75, 3.05) is 6.54 Å². The Kier molecular flexibility index (Phi) is 2.39. The predicted molar refractivity (Wildman–Crippen MR) is 65.6 cm³/mol. The number of hydrogen-bond donors (Lipinski definition) is 1. The fourth-order valence-electron chi connectivity index (χ4n) is 1.97. The van der Waals surface area contributed by atoms with Crippen molar-refractivity contribution in [1.82, 2.24) is 9.13 Å². The van der Waals surface area contributed by atoms with Gasteiger partial charge in [0.05, 0.1) is 16.6 Å². The van der Waals surface area contributed by atoms with Crippen molar-refractivity contribution in [3.8, 4) is 0 Å². The molecule has 0 saturated heterocycles. The first-order valence-electron chi connectivity index (χ1n) is 5.36. The number of aryl methyl sites for hydroxylation is 1. The van der Waals surface area contributed by atoms with Crippen molar-refractivity contribution in [3.63, 3.8) is 0 Å². The van der Waals surface area contributed by atoms with Gasteiger partial charge in [-0.3, -0.25) is 9.13 Å². The monoisotopic (exact) mass is 219 g/mol. The zero-order valence-electron chi connectivity index (χ0n) is 9.90. The maximum absolute atomic E-state index is 12.2. The molecule has 0 bridgehead atoms. The van der Waals surface area contributed by atoms with Crippen LogP contribution in [0.3, 0.4) is 0 Å². The van der Waals surface area contributed by atoms with Gasteiger partial charge in [0, 0.05) is 13.6 Å². The maximum Gasteiger partial charge on any atom is 0.329 e. The molecular weight excluding hydrogens is 202 g/mol. The number of hydrogen-bond acceptors (Lipinski definition) is 2. The molecule has 2 aromatic rings. The van der Waals surface area contributed by atoms with Crippen LogP contribution < -0.4 is 11.4 Å². The van der Waals surface area contributed by atoms with E-state index < -0.39 is 0 Å². The van der Waals surface area contributed by atoms with Crippen molar-refractivity contribution in [1.29, 1.82) is 0 Å². The Morgan fingerprint density at radius 2 is 1.81 bits per heavy atom. The minimum absolute atomic E-state index is 0.0170. The van der Waals surface area contributed by atoms with Crippen LogP contribution in [0.1, 0.15) is 13.8 Å². The Labute approximate surface area is 94.3 Å². The summed E-state index contributed by atoms with van der Waals surface area (Å²) >= 11 is 0. The summed E-state index contributed by atoms with van der Waals surface area (Å²) in [5.41, 5.74) is 7.23. The third kappa shape index (κ3) is 1.38. The normalized spacial score (nSPS) is 12.2. The molecule has 0 amide bonds. The van der Waals surface area contributed by atoms with Gasteiger partial charge in [-0.25, -0.2) is 4.79 Å². The molecule has 1 aromatic carbocycles. The molecule has 1 heterocycles. The topological polar surface area (TPSA) is 53.0 Å². The maximum atomic E-state index is 12.2. The molecule has 0 unspecified atom stereocenters. The summed E-state index contributed by atoms with van der Waals surface area (Å²) in [5, 5.41) is 0. The number of fused-ring (bicyclic) bond motifs is 1. The van der Waals surface area contributed by atoms with Gasteiger partial charge in [-0.15, -0.1) is 0 Å². The molecule has 0 aliphatic carbocycles. The lowest BCUT2D eigenvalue weighted by molar-refractivity contribution is 0.363. The minimum Gasteiger partial charge on any atom is -0.328 e. The van der Waals surface area contributed by atoms with Crippen LogP contribution in [0.5, 0.6) is 0 Å². The van der Waals surface area contributed by atoms with Gasteiger partial charge >= 0.3 is 5.69 Å². The Hall–Kier alpha value is -1.55. The van der Waals surface area contributed by atoms with Gasteiger partial charge in [0.2, 0.25) is 0 Å². The zero-order chi connectivity index (χ0) is 11.9. The molecule has 2 rings (SSSR count). The molecule has 0 fully saturated rings. The van der Waals surface area contributed by atoms with Crippen LogP contribution in [0.25, 0.3) is 11.0 Å². The van der Waals surface area contributed by atoms with Crippen molar-refractivity contribution in [3.05, 3.63) is 34.7 Å². The lowest BCUT2D eigenvalue weighted by Crippen LogP contribution is -2.41. The van der Waals surface area contributed by atoms with Crippen LogP contribution in [0.2, 0.25) is 0 Å². The van der Waals surface area contributed by atoms with Gasteiger partial charge in [-0.2, -0.15) is 0 Å². The first-order chi connectivity index (χ1) is 7.49. The van der Waals surface area contributed by atoms with E-state index in [1.807, 2.05) is 38.1 Å². The van der Waals surface area contributed by atoms with Crippen LogP contribution in [-0.4, -0.2) is 15.7 Å². The van der Waals surface area contributed by atoms with E-state index in [0.29, 0.717) is 6.54 Å². The predicted octanol–water partition coefficient (Wildman–Crippen LogP) is 1.03. The Bertz CT molecular complexity index is 577. The molecular formula is C12H17N3O. The third-order valence-electron chi connectivity index (χ3n) is 3.07. The highest BCUT2D eigenvalue weighted by atomic mass is 16.1. The van der Waals surface area contributed by atoms with Gasteiger partial charge in [-0.1, -0.05) is 12.1 Å². The summed E-state index contributed by atoms with van der Waals surface area (Å²) in [6.07, 6.45) is 0. The van der Waals surface area contributed by atoms with Crippen molar-refractivity contribution < 1.29 is 0 Å². The zero-order valence-corrected chi connectivity index (χ0v) is 9.90. The summed E-state index contributed by atoms with van der Waals surface area (Å²) in [5.74, 6) is 0. The Morgan fingerprint density at radius 1 is 1.25 bits per heavy atom. The van der Waals surface area contributed by atoms with Crippen LogP contribution in [-0.2, 0) is 12.6 Å². The van der Waals surface area contributed by atoms with Crippen molar-refractivity contribution in [2.24, 2.45) is 12.8 Å². The standard InChI is InChI=1S/C12H17N3O/c1-12(2,8-13)15-10-7-5-4-6-9(10)14(3)11(15)16/h4-7H,8,13H2,1-3H3.